The summed E-state index contributed by atoms with van der Waals surface area (Å²) < 4.78 is 64.8. The molecule has 0 aromatic heterocycles. The van der Waals surface area contributed by atoms with Crippen LogP contribution in [0.15, 0.2) is 12.2 Å². The molecule has 0 radical (unpaired) electrons. The summed E-state index contributed by atoms with van der Waals surface area (Å²) in [6, 6.07) is 2.18. The topological polar surface area (TPSA) is 114 Å². The first-order chi connectivity index (χ1) is 12.0. The Morgan fingerprint density at radius 2 is 1.96 bits per heavy atom. The van der Waals surface area contributed by atoms with Gasteiger partial charge in [0, 0.05) is 6.42 Å². The van der Waals surface area contributed by atoms with E-state index in [0.29, 0.717) is 24.2 Å². The molecule has 0 spiro atoms. The Morgan fingerprint density at radius 1 is 1.31 bits per heavy atom. The van der Waals surface area contributed by atoms with E-state index in [2.05, 4.69) is 17.4 Å². The molecular weight excluding hydrogens is 372 g/mol. The smallest absolute Gasteiger partial charge is 0.392 e. The highest BCUT2D eigenvalue weighted by molar-refractivity contribution is 7.86. The van der Waals surface area contributed by atoms with E-state index in [-0.39, 0.29) is 18.1 Å². The summed E-state index contributed by atoms with van der Waals surface area (Å²) in [6.45, 7) is 1.31. The van der Waals surface area contributed by atoms with Crippen LogP contribution in [0.2, 0.25) is 0 Å². The SMILES string of the molecule is C=C(COCC(F)(F)S(=O)(=O)O)C(=O)OCC1CC2CC(CC#N)C1C2. The van der Waals surface area contributed by atoms with Crippen LogP contribution in [0, 0.1) is 35.0 Å². The number of nitrogens with zero attached hydrogens (tertiary/aromatic N) is 1. The molecule has 2 saturated carbocycles. The molecule has 0 aromatic carbocycles. The van der Waals surface area contributed by atoms with Crippen LogP contribution in [-0.2, 0) is 24.4 Å². The van der Waals surface area contributed by atoms with E-state index in [1.807, 2.05) is 0 Å². The fourth-order valence-electron chi connectivity index (χ4n) is 3.90. The molecule has 4 atom stereocenters. The predicted molar refractivity (Wildman–Crippen MR) is 85.5 cm³/mol. The first-order valence-corrected chi connectivity index (χ1v) is 9.63. The minimum Gasteiger partial charge on any atom is -0.462 e. The number of hydrogen-bond donors (Lipinski definition) is 1. The van der Waals surface area contributed by atoms with E-state index in [1.165, 1.54) is 0 Å². The first-order valence-electron chi connectivity index (χ1n) is 8.19. The van der Waals surface area contributed by atoms with Crippen LogP contribution in [0.3, 0.4) is 0 Å². The zero-order valence-electron chi connectivity index (χ0n) is 14.1. The largest absolute Gasteiger partial charge is 0.462 e. The van der Waals surface area contributed by atoms with Crippen molar-refractivity contribution < 1.29 is 36.0 Å². The van der Waals surface area contributed by atoms with Crippen LogP contribution < -0.4 is 0 Å². The third kappa shape index (κ3) is 4.78. The molecular formula is C16H21F2NO6S. The van der Waals surface area contributed by atoms with Crippen molar-refractivity contribution in [2.75, 3.05) is 19.8 Å². The number of alkyl halides is 2. The molecule has 26 heavy (non-hydrogen) atoms. The van der Waals surface area contributed by atoms with E-state index < -0.39 is 34.6 Å². The van der Waals surface area contributed by atoms with Crippen molar-refractivity contribution >= 4 is 16.1 Å². The van der Waals surface area contributed by atoms with E-state index in [0.717, 1.165) is 19.3 Å². The zero-order valence-corrected chi connectivity index (χ0v) is 14.9. The van der Waals surface area contributed by atoms with Gasteiger partial charge in [-0.1, -0.05) is 6.58 Å². The molecule has 2 bridgehead atoms. The van der Waals surface area contributed by atoms with Crippen molar-refractivity contribution in [3.8, 4) is 6.07 Å². The number of rotatable bonds is 9. The molecule has 0 aliphatic heterocycles. The van der Waals surface area contributed by atoms with Gasteiger partial charge in [0.1, 0.15) is 6.61 Å². The second-order valence-electron chi connectivity index (χ2n) is 6.93. The van der Waals surface area contributed by atoms with E-state index >= 15 is 0 Å². The summed E-state index contributed by atoms with van der Waals surface area (Å²) in [5.41, 5.74) is -0.229. The summed E-state index contributed by atoms with van der Waals surface area (Å²) in [4.78, 5) is 11.9. The Labute approximate surface area is 150 Å². The number of ether oxygens (including phenoxy) is 2. The van der Waals surface area contributed by atoms with Crippen molar-refractivity contribution in [3.05, 3.63) is 12.2 Å². The number of hydrogen-bond acceptors (Lipinski definition) is 6. The number of carbonyl (C=O) groups excluding carboxylic acids is 1. The van der Waals surface area contributed by atoms with Crippen molar-refractivity contribution in [2.24, 2.45) is 23.7 Å². The second-order valence-corrected chi connectivity index (χ2v) is 8.47. The average Bonchev–Trinajstić information content (AvgIpc) is 3.11. The van der Waals surface area contributed by atoms with Crippen LogP contribution in [0.1, 0.15) is 25.7 Å². The van der Waals surface area contributed by atoms with Gasteiger partial charge in [0.15, 0.2) is 0 Å². The summed E-state index contributed by atoms with van der Waals surface area (Å²) in [6.07, 6.45) is 3.49. The van der Waals surface area contributed by atoms with E-state index in [1.54, 1.807) is 0 Å². The minimum atomic E-state index is -5.58. The zero-order chi connectivity index (χ0) is 19.5. The van der Waals surface area contributed by atoms with Gasteiger partial charge >= 0.3 is 21.3 Å². The molecule has 0 heterocycles. The molecule has 7 nitrogen and oxygen atoms in total. The Hall–Kier alpha value is -1.57. The first kappa shape index (κ1) is 20.7. The lowest BCUT2D eigenvalue weighted by atomic mass is 9.79. The van der Waals surface area contributed by atoms with Crippen LogP contribution in [0.4, 0.5) is 8.78 Å². The maximum atomic E-state index is 13.0. The van der Waals surface area contributed by atoms with Gasteiger partial charge in [0.25, 0.3) is 0 Å². The van der Waals surface area contributed by atoms with Crippen molar-refractivity contribution in [3.63, 3.8) is 0 Å². The maximum absolute atomic E-state index is 13.0. The third-order valence-corrected chi connectivity index (χ3v) is 5.96. The average molecular weight is 393 g/mol. The number of esters is 1. The number of nitriles is 1. The van der Waals surface area contributed by atoms with Gasteiger partial charge in [-0.05, 0) is 42.9 Å². The third-order valence-electron chi connectivity index (χ3n) is 5.08. The van der Waals surface area contributed by atoms with Crippen LogP contribution >= 0.6 is 0 Å². The predicted octanol–water partition coefficient (Wildman–Crippen LogP) is 2.16. The molecule has 10 heteroatoms. The lowest BCUT2D eigenvalue weighted by Crippen LogP contribution is -2.34. The number of fused-ring (bicyclic) bond motifs is 2. The molecule has 2 aliphatic carbocycles. The summed E-state index contributed by atoms with van der Waals surface area (Å²) in [5.74, 6) is 0.603. The maximum Gasteiger partial charge on any atom is 0.392 e. The van der Waals surface area contributed by atoms with Gasteiger partial charge in [-0.15, -0.1) is 0 Å². The number of halogens is 2. The Balaban J connectivity index is 1.73. The van der Waals surface area contributed by atoms with Gasteiger partial charge in [-0.2, -0.15) is 22.5 Å². The van der Waals surface area contributed by atoms with Gasteiger partial charge in [0.05, 0.1) is 24.9 Å². The van der Waals surface area contributed by atoms with E-state index in [9.17, 15) is 22.0 Å². The highest BCUT2D eigenvalue weighted by Gasteiger charge is 2.46. The monoisotopic (exact) mass is 393 g/mol. The van der Waals surface area contributed by atoms with Crippen LogP contribution in [0.5, 0.6) is 0 Å². The highest BCUT2D eigenvalue weighted by Crippen LogP contribution is 2.52. The molecule has 1 N–H and O–H groups in total. The van der Waals surface area contributed by atoms with Crippen molar-refractivity contribution in [2.45, 2.75) is 30.9 Å². The molecule has 2 fully saturated rings. The molecule has 2 rings (SSSR count). The Kier molecular flexibility index (Phi) is 6.37. The molecule has 0 saturated heterocycles. The second kappa shape index (κ2) is 7.98. The van der Waals surface area contributed by atoms with E-state index in [4.69, 9.17) is 14.6 Å². The van der Waals surface area contributed by atoms with Gasteiger partial charge < -0.3 is 9.47 Å². The lowest BCUT2D eigenvalue weighted by Gasteiger charge is -2.27. The standard InChI is InChI=1S/C16H21F2NO6S/c1-10(7-24-9-16(17,18)26(21,22)23)15(20)25-8-13-5-11-4-12(2-3-19)14(13)6-11/h11-14H,1-2,4-9H2,(H,21,22,23). The van der Waals surface area contributed by atoms with Crippen molar-refractivity contribution in [1.82, 2.24) is 0 Å². The minimum absolute atomic E-state index is 0.169. The van der Waals surface area contributed by atoms with Crippen molar-refractivity contribution in [1.29, 1.82) is 5.26 Å². The van der Waals surface area contributed by atoms with Crippen LogP contribution in [0.25, 0.3) is 0 Å². The summed E-state index contributed by atoms with van der Waals surface area (Å²) >= 11 is 0. The molecule has 0 amide bonds. The molecule has 4 unspecified atom stereocenters. The Bertz CT molecular complexity index is 702. The fraction of sp³-hybridized carbons (Fsp3) is 0.750. The quantitative estimate of drug-likeness (QED) is 0.363. The highest BCUT2D eigenvalue weighted by atomic mass is 32.2. The lowest BCUT2D eigenvalue weighted by molar-refractivity contribution is -0.142. The molecule has 2 aliphatic rings. The van der Waals surface area contributed by atoms with Gasteiger partial charge in [-0.25, -0.2) is 4.79 Å². The Morgan fingerprint density at radius 3 is 2.54 bits per heavy atom. The normalized spacial score (nSPS) is 27.9. The molecule has 146 valence electrons. The number of carbonyl (C=O) groups is 1. The summed E-state index contributed by atoms with van der Waals surface area (Å²) in [7, 11) is -5.58. The fourth-order valence-corrected chi connectivity index (χ4v) is 4.14. The van der Waals surface area contributed by atoms with Crippen LogP contribution in [-0.4, -0.2) is 44.0 Å². The van der Waals surface area contributed by atoms with Gasteiger partial charge in [0.2, 0.25) is 0 Å². The molecule has 0 aromatic rings. The van der Waals surface area contributed by atoms with Gasteiger partial charge in [-0.3, -0.25) is 4.55 Å². The summed E-state index contributed by atoms with van der Waals surface area (Å²) in [5, 5.41) is 4.39.